The van der Waals surface area contributed by atoms with Gasteiger partial charge in [-0.15, -0.1) is 0 Å². The highest BCUT2D eigenvalue weighted by molar-refractivity contribution is 6.00. The summed E-state index contributed by atoms with van der Waals surface area (Å²) >= 11 is 0. The first-order valence-electron chi connectivity index (χ1n) is 8.33. The Balaban J connectivity index is 2.72. The predicted molar refractivity (Wildman–Crippen MR) is 90.8 cm³/mol. The predicted octanol–water partition coefficient (Wildman–Crippen LogP) is 4.80. The van der Waals surface area contributed by atoms with E-state index in [0.29, 0.717) is 0 Å². The second-order valence-corrected chi connectivity index (χ2v) is 6.56. The number of carbonyl (C=O) groups excluding carboxylic acids is 1. The Labute approximate surface area is 130 Å². The number of ketones is 1. The van der Waals surface area contributed by atoms with Crippen LogP contribution in [-0.4, -0.2) is 30.3 Å². The Morgan fingerprint density at radius 2 is 1.52 bits per heavy atom. The van der Waals surface area contributed by atoms with Gasteiger partial charge in [0.2, 0.25) is 0 Å². The van der Waals surface area contributed by atoms with E-state index in [-0.39, 0.29) is 11.2 Å². The van der Waals surface area contributed by atoms with Crippen LogP contribution in [0.4, 0.5) is 0 Å². The van der Waals surface area contributed by atoms with Crippen molar-refractivity contribution in [1.29, 1.82) is 0 Å². The van der Waals surface area contributed by atoms with Gasteiger partial charge in [0.05, 0.1) is 0 Å². The molecule has 21 heavy (non-hydrogen) atoms. The minimum absolute atomic E-state index is 0.251. The second-order valence-electron chi connectivity index (χ2n) is 6.56. The zero-order valence-electron chi connectivity index (χ0n) is 14.2. The van der Waals surface area contributed by atoms with Crippen molar-refractivity contribution < 1.29 is 4.79 Å². The molecular formula is C19H31NO. The average Bonchev–Trinajstić information content (AvgIpc) is 2.49. The van der Waals surface area contributed by atoms with E-state index in [2.05, 4.69) is 32.6 Å². The highest BCUT2D eigenvalue weighted by atomic mass is 16.1. The molecular weight excluding hydrogens is 258 g/mol. The summed E-state index contributed by atoms with van der Waals surface area (Å²) in [5, 5.41) is 0. The highest BCUT2D eigenvalue weighted by Gasteiger charge is 2.30. The average molecular weight is 289 g/mol. The minimum Gasteiger partial charge on any atom is -0.302 e. The molecule has 1 aromatic rings. The van der Waals surface area contributed by atoms with E-state index in [0.717, 1.165) is 25.2 Å². The van der Waals surface area contributed by atoms with E-state index >= 15 is 0 Å². The number of hydrogen-bond donors (Lipinski definition) is 0. The van der Waals surface area contributed by atoms with Crippen molar-refractivity contribution in [1.82, 2.24) is 4.90 Å². The fourth-order valence-electron chi connectivity index (χ4n) is 2.64. The van der Waals surface area contributed by atoms with Crippen LogP contribution in [0.3, 0.4) is 0 Å². The number of benzene rings is 1. The van der Waals surface area contributed by atoms with Crippen molar-refractivity contribution >= 4 is 5.78 Å². The van der Waals surface area contributed by atoms with Crippen molar-refractivity contribution in [3.63, 3.8) is 0 Å². The smallest absolute Gasteiger partial charge is 0.169 e. The third-order valence-corrected chi connectivity index (χ3v) is 3.93. The first-order valence-corrected chi connectivity index (χ1v) is 8.33. The van der Waals surface area contributed by atoms with Crippen molar-refractivity contribution in [3.05, 3.63) is 35.9 Å². The number of rotatable bonds is 10. The third-order valence-electron chi connectivity index (χ3n) is 3.93. The van der Waals surface area contributed by atoms with Crippen molar-refractivity contribution in [2.75, 3.05) is 19.6 Å². The van der Waals surface area contributed by atoms with Crippen LogP contribution >= 0.6 is 0 Å². The molecule has 118 valence electrons. The van der Waals surface area contributed by atoms with Crippen molar-refractivity contribution in [2.45, 2.75) is 53.4 Å². The maximum Gasteiger partial charge on any atom is 0.169 e. The van der Waals surface area contributed by atoms with Gasteiger partial charge >= 0.3 is 0 Å². The number of carbonyl (C=O) groups is 1. The molecule has 0 N–H and O–H groups in total. The van der Waals surface area contributed by atoms with Gasteiger partial charge in [0, 0.05) is 17.5 Å². The van der Waals surface area contributed by atoms with E-state index in [1.165, 1.54) is 25.7 Å². The summed E-state index contributed by atoms with van der Waals surface area (Å²) in [6.45, 7) is 11.6. The molecule has 2 nitrogen and oxygen atoms in total. The SMILES string of the molecule is CCCCN(CCCC)CC(C)(C)C(=O)c1ccccc1. The lowest BCUT2D eigenvalue weighted by Gasteiger charge is -2.32. The first kappa shape index (κ1) is 17.9. The quantitative estimate of drug-likeness (QED) is 0.577. The molecule has 0 saturated heterocycles. The maximum atomic E-state index is 12.7. The summed E-state index contributed by atoms with van der Waals surface area (Å²) in [6.07, 6.45) is 4.82. The summed E-state index contributed by atoms with van der Waals surface area (Å²) in [7, 11) is 0. The van der Waals surface area contributed by atoms with Gasteiger partial charge in [0.15, 0.2) is 5.78 Å². The zero-order chi connectivity index (χ0) is 15.7. The highest BCUT2D eigenvalue weighted by Crippen LogP contribution is 2.24. The van der Waals surface area contributed by atoms with Crippen LogP contribution in [0.15, 0.2) is 30.3 Å². The lowest BCUT2D eigenvalue weighted by Crippen LogP contribution is -2.40. The van der Waals surface area contributed by atoms with Crippen LogP contribution in [0.1, 0.15) is 63.7 Å². The molecule has 0 spiro atoms. The molecule has 2 heteroatoms. The van der Waals surface area contributed by atoms with Gasteiger partial charge < -0.3 is 4.90 Å². The number of hydrogen-bond acceptors (Lipinski definition) is 2. The molecule has 0 aromatic heterocycles. The van der Waals surface area contributed by atoms with Gasteiger partial charge in [-0.05, 0) is 25.9 Å². The van der Waals surface area contributed by atoms with Gasteiger partial charge in [-0.25, -0.2) is 0 Å². The molecule has 0 heterocycles. The number of unbranched alkanes of at least 4 members (excludes halogenated alkanes) is 2. The van der Waals surface area contributed by atoms with Crippen LogP contribution < -0.4 is 0 Å². The lowest BCUT2D eigenvalue weighted by atomic mass is 9.83. The van der Waals surface area contributed by atoms with Crippen LogP contribution in [0, 0.1) is 5.41 Å². The van der Waals surface area contributed by atoms with Crippen LogP contribution in [0.25, 0.3) is 0 Å². The summed E-state index contributed by atoms with van der Waals surface area (Å²) in [4.78, 5) is 15.2. The maximum absolute atomic E-state index is 12.7. The molecule has 0 atom stereocenters. The summed E-state index contributed by atoms with van der Waals surface area (Å²) in [5.74, 6) is 0.251. The monoisotopic (exact) mass is 289 g/mol. The number of Topliss-reactive ketones (excluding diaryl/α,β-unsaturated/α-hetero) is 1. The fourth-order valence-corrected chi connectivity index (χ4v) is 2.64. The Morgan fingerprint density at radius 3 is 2.00 bits per heavy atom. The van der Waals surface area contributed by atoms with E-state index in [1.807, 2.05) is 30.3 Å². The van der Waals surface area contributed by atoms with E-state index in [4.69, 9.17) is 0 Å². The fraction of sp³-hybridized carbons (Fsp3) is 0.632. The molecule has 0 aliphatic heterocycles. The molecule has 0 aliphatic rings. The Bertz CT molecular complexity index is 403. The summed E-state index contributed by atoms with van der Waals surface area (Å²) in [6, 6.07) is 9.68. The Hall–Kier alpha value is -1.15. The molecule has 0 amide bonds. The molecule has 0 bridgehead atoms. The zero-order valence-corrected chi connectivity index (χ0v) is 14.2. The Kier molecular flexibility index (Phi) is 7.66. The summed E-state index contributed by atoms with van der Waals surface area (Å²) < 4.78 is 0. The van der Waals surface area contributed by atoms with E-state index in [1.54, 1.807) is 0 Å². The molecule has 1 aromatic carbocycles. The normalized spacial score (nSPS) is 11.9. The molecule has 0 fully saturated rings. The molecule has 1 rings (SSSR count). The third kappa shape index (κ3) is 6.01. The van der Waals surface area contributed by atoms with Crippen LogP contribution in [0.5, 0.6) is 0 Å². The number of nitrogens with zero attached hydrogens (tertiary/aromatic N) is 1. The minimum atomic E-state index is -0.331. The molecule has 0 radical (unpaired) electrons. The summed E-state index contributed by atoms with van der Waals surface area (Å²) in [5.41, 5.74) is 0.497. The van der Waals surface area contributed by atoms with Crippen molar-refractivity contribution in [2.24, 2.45) is 5.41 Å². The Morgan fingerprint density at radius 1 is 1.00 bits per heavy atom. The van der Waals surface area contributed by atoms with Gasteiger partial charge in [0.25, 0.3) is 0 Å². The van der Waals surface area contributed by atoms with Crippen LogP contribution in [0.2, 0.25) is 0 Å². The molecule has 0 saturated carbocycles. The van der Waals surface area contributed by atoms with Gasteiger partial charge in [0.1, 0.15) is 0 Å². The topological polar surface area (TPSA) is 20.3 Å². The van der Waals surface area contributed by atoms with Crippen molar-refractivity contribution in [3.8, 4) is 0 Å². The lowest BCUT2D eigenvalue weighted by molar-refractivity contribution is 0.0761. The largest absolute Gasteiger partial charge is 0.302 e. The first-order chi connectivity index (χ1) is 10.0. The van der Waals surface area contributed by atoms with Crippen LogP contribution in [-0.2, 0) is 0 Å². The molecule has 0 unspecified atom stereocenters. The molecule has 0 aliphatic carbocycles. The van der Waals surface area contributed by atoms with Gasteiger partial charge in [-0.2, -0.15) is 0 Å². The van der Waals surface area contributed by atoms with E-state index in [9.17, 15) is 4.79 Å². The van der Waals surface area contributed by atoms with Gasteiger partial charge in [-0.1, -0.05) is 70.9 Å². The second kappa shape index (κ2) is 8.99. The van der Waals surface area contributed by atoms with Gasteiger partial charge in [-0.3, -0.25) is 4.79 Å². The standard InChI is InChI=1S/C19H31NO/c1-5-7-14-20(15-8-6-2)16-19(3,4)18(21)17-12-10-9-11-13-17/h9-13H,5-8,14-16H2,1-4H3. The van der Waals surface area contributed by atoms with E-state index < -0.39 is 0 Å².